The Morgan fingerprint density at radius 2 is 1.82 bits per heavy atom. The van der Waals surface area contributed by atoms with Crippen LogP contribution in [0.5, 0.6) is 0 Å². The maximum absolute atomic E-state index is 12.4. The fraction of sp³-hybridized carbons (Fsp3) is 0.227. The van der Waals surface area contributed by atoms with Crippen molar-refractivity contribution in [2.24, 2.45) is 5.92 Å². The molecule has 2 aromatic carbocycles. The Hall–Kier alpha value is -3.41. The Kier molecular flexibility index (Phi) is 4.69. The highest BCUT2D eigenvalue weighted by Crippen LogP contribution is 2.26. The monoisotopic (exact) mass is 374 g/mol. The summed E-state index contributed by atoms with van der Waals surface area (Å²) in [5.41, 5.74) is 4.63. The number of amides is 1. The van der Waals surface area contributed by atoms with Gasteiger partial charge in [0, 0.05) is 42.5 Å². The summed E-state index contributed by atoms with van der Waals surface area (Å²) in [6, 6.07) is 15.4. The van der Waals surface area contributed by atoms with Crippen molar-refractivity contribution in [1.82, 2.24) is 15.0 Å². The Bertz CT molecular complexity index is 1010. The summed E-state index contributed by atoms with van der Waals surface area (Å²) in [4.78, 5) is 18.9. The topological polar surface area (TPSA) is 71.3 Å². The van der Waals surface area contributed by atoms with Crippen LogP contribution >= 0.6 is 0 Å². The van der Waals surface area contributed by atoms with Crippen LogP contribution in [0, 0.1) is 12.8 Å². The van der Waals surface area contributed by atoms with Gasteiger partial charge in [0.1, 0.15) is 0 Å². The van der Waals surface area contributed by atoms with Crippen LogP contribution in [0.15, 0.2) is 65.3 Å². The molecule has 28 heavy (non-hydrogen) atoms. The minimum absolute atomic E-state index is 0.0118. The van der Waals surface area contributed by atoms with Gasteiger partial charge >= 0.3 is 0 Å². The second kappa shape index (κ2) is 7.31. The number of nitrogens with one attached hydrogen (secondary N) is 1. The molecule has 3 aromatic rings. The average Bonchev–Trinajstić information content (AvgIpc) is 3.30. The molecule has 1 fully saturated rings. The van der Waals surface area contributed by atoms with Gasteiger partial charge in [-0.2, -0.15) is 4.98 Å². The molecule has 0 saturated carbocycles. The largest absolute Gasteiger partial charge is 0.378 e. The number of allylic oxidation sites excluding steroid dienone is 1. The van der Waals surface area contributed by atoms with E-state index in [9.17, 15) is 4.79 Å². The SMILES string of the molecule is C=C1CC(C(=O)Nc2ccc(-c3nc(-c4ccc(C)cc4)no3)cc2)CN1C. The summed E-state index contributed by atoms with van der Waals surface area (Å²) >= 11 is 0. The number of nitrogens with zero attached hydrogens (tertiary/aromatic N) is 3. The van der Waals surface area contributed by atoms with Gasteiger partial charge in [-0.05, 0) is 31.2 Å². The lowest BCUT2D eigenvalue weighted by molar-refractivity contribution is -0.119. The smallest absolute Gasteiger partial charge is 0.258 e. The van der Waals surface area contributed by atoms with Crippen molar-refractivity contribution < 1.29 is 9.32 Å². The predicted molar refractivity (Wildman–Crippen MR) is 108 cm³/mol. The number of benzene rings is 2. The third-order valence-corrected chi connectivity index (χ3v) is 5.02. The number of carbonyl (C=O) groups is 1. The third kappa shape index (κ3) is 3.67. The second-order valence-corrected chi connectivity index (χ2v) is 7.20. The molecule has 1 unspecified atom stereocenters. The maximum atomic E-state index is 12.4. The molecule has 0 aliphatic carbocycles. The van der Waals surface area contributed by atoms with Crippen molar-refractivity contribution in [2.45, 2.75) is 13.3 Å². The van der Waals surface area contributed by atoms with Crippen LogP contribution in [0.2, 0.25) is 0 Å². The Morgan fingerprint density at radius 3 is 2.46 bits per heavy atom. The van der Waals surface area contributed by atoms with E-state index in [0.717, 1.165) is 22.5 Å². The van der Waals surface area contributed by atoms with E-state index in [4.69, 9.17) is 4.52 Å². The zero-order chi connectivity index (χ0) is 19.7. The molecule has 6 nitrogen and oxygen atoms in total. The van der Waals surface area contributed by atoms with Gasteiger partial charge in [0.05, 0.1) is 5.92 Å². The number of aryl methyl sites for hydroxylation is 1. The molecular weight excluding hydrogens is 352 g/mol. The molecular formula is C22H22N4O2. The van der Waals surface area contributed by atoms with Crippen molar-refractivity contribution in [3.63, 3.8) is 0 Å². The first-order chi connectivity index (χ1) is 13.5. The summed E-state index contributed by atoms with van der Waals surface area (Å²) in [5, 5.41) is 7.03. The molecule has 1 saturated heterocycles. The van der Waals surface area contributed by atoms with E-state index < -0.39 is 0 Å². The number of anilines is 1. The molecule has 1 amide bonds. The molecule has 0 bridgehead atoms. The zero-order valence-electron chi connectivity index (χ0n) is 16.0. The van der Waals surface area contributed by atoms with Gasteiger partial charge in [-0.1, -0.05) is 41.6 Å². The molecule has 0 radical (unpaired) electrons. The maximum Gasteiger partial charge on any atom is 0.258 e. The number of hydrogen-bond donors (Lipinski definition) is 1. The minimum atomic E-state index is -0.0646. The molecule has 142 valence electrons. The van der Waals surface area contributed by atoms with E-state index in [1.54, 1.807) is 0 Å². The lowest BCUT2D eigenvalue weighted by Gasteiger charge is -2.12. The van der Waals surface area contributed by atoms with Gasteiger partial charge in [-0.15, -0.1) is 0 Å². The van der Waals surface area contributed by atoms with Crippen LogP contribution in [0.25, 0.3) is 22.8 Å². The molecule has 1 atom stereocenters. The van der Waals surface area contributed by atoms with Gasteiger partial charge < -0.3 is 14.7 Å². The van der Waals surface area contributed by atoms with E-state index in [-0.39, 0.29) is 11.8 Å². The molecule has 6 heteroatoms. The summed E-state index contributed by atoms with van der Waals surface area (Å²) in [6.45, 7) is 6.71. The van der Waals surface area contributed by atoms with Gasteiger partial charge in [-0.3, -0.25) is 4.79 Å². The highest BCUT2D eigenvalue weighted by Gasteiger charge is 2.28. The fourth-order valence-electron chi connectivity index (χ4n) is 3.24. The standard InChI is InChI=1S/C22H22N4O2/c1-14-4-6-16(7-5-14)20-24-22(28-25-20)17-8-10-19(11-9-17)23-21(27)18-12-15(2)26(3)13-18/h4-11,18H,2,12-13H2,1,3H3,(H,23,27). The molecule has 2 heterocycles. The van der Waals surface area contributed by atoms with E-state index in [0.29, 0.717) is 24.7 Å². The first-order valence-corrected chi connectivity index (χ1v) is 9.20. The minimum Gasteiger partial charge on any atom is -0.378 e. The van der Waals surface area contributed by atoms with E-state index in [2.05, 4.69) is 22.0 Å². The van der Waals surface area contributed by atoms with Gasteiger partial charge in [-0.25, -0.2) is 0 Å². The highest BCUT2D eigenvalue weighted by molar-refractivity contribution is 5.93. The van der Waals surface area contributed by atoms with Crippen LogP contribution in [0.3, 0.4) is 0 Å². The average molecular weight is 374 g/mol. The van der Waals surface area contributed by atoms with Crippen molar-refractivity contribution in [3.8, 4) is 22.8 Å². The van der Waals surface area contributed by atoms with Crippen LogP contribution in [0.1, 0.15) is 12.0 Å². The van der Waals surface area contributed by atoms with E-state index in [1.807, 2.05) is 67.4 Å². The summed E-state index contributed by atoms with van der Waals surface area (Å²) in [5.74, 6) is 0.947. The molecule has 4 rings (SSSR count). The molecule has 1 aromatic heterocycles. The second-order valence-electron chi connectivity index (χ2n) is 7.20. The highest BCUT2D eigenvalue weighted by atomic mass is 16.5. The van der Waals surface area contributed by atoms with Crippen molar-refractivity contribution in [1.29, 1.82) is 0 Å². The van der Waals surface area contributed by atoms with Crippen LogP contribution < -0.4 is 5.32 Å². The number of hydrogen-bond acceptors (Lipinski definition) is 5. The number of rotatable bonds is 4. The fourth-order valence-corrected chi connectivity index (χ4v) is 3.24. The van der Waals surface area contributed by atoms with Crippen molar-refractivity contribution in [2.75, 3.05) is 18.9 Å². The number of likely N-dealkylation sites (tertiary alicyclic amines) is 1. The molecule has 1 aliphatic rings. The lowest BCUT2D eigenvalue weighted by atomic mass is 10.1. The van der Waals surface area contributed by atoms with Crippen molar-refractivity contribution >= 4 is 11.6 Å². The summed E-state index contributed by atoms with van der Waals surface area (Å²) in [6.07, 6.45) is 0.699. The summed E-state index contributed by atoms with van der Waals surface area (Å²) < 4.78 is 5.40. The quantitative estimate of drug-likeness (QED) is 0.744. The van der Waals surface area contributed by atoms with Gasteiger partial charge in [0.25, 0.3) is 5.89 Å². The normalized spacial score (nSPS) is 16.4. The number of aromatic nitrogens is 2. The van der Waals surface area contributed by atoms with Gasteiger partial charge in [0.2, 0.25) is 11.7 Å². The Labute approximate surface area is 163 Å². The lowest BCUT2D eigenvalue weighted by Crippen LogP contribution is -2.25. The Morgan fingerprint density at radius 1 is 1.14 bits per heavy atom. The molecule has 0 spiro atoms. The molecule has 1 aliphatic heterocycles. The van der Waals surface area contributed by atoms with E-state index in [1.165, 1.54) is 5.56 Å². The van der Waals surface area contributed by atoms with E-state index >= 15 is 0 Å². The summed E-state index contributed by atoms with van der Waals surface area (Å²) in [7, 11) is 1.96. The first kappa shape index (κ1) is 18.0. The Balaban J connectivity index is 1.44. The first-order valence-electron chi connectivity index (χ1n) is 9.20. The van der Waals surface area contributed by atoms with Gasteiger partial charge in [0.15, 0.2) is 0 Å². The van der Waals surface area contributed by atoms with Crippen LogP contribution in [-0.2, 0) is 4.79 Å². The van der Waals surface area contributed by atoms with Crippen LogP contribution in [0.4, 0.5) is 5.69 Å². The molecule has 1 N–H and O–H groups in total. The van der Waals surface area contributed by atoms with Crippen LogP contribution in [-0.4, -0.2) is 34.5 Å². The zero-order valence-corrected chi connectivity index (χ0v) is 16.0. The predicted octanol–water partition coefficient (Wildman–Crippen LogP) is 4.12. The third-order valence-electron chi connectivity index (χ3n) is 5.02. The number of carbonyl (C=O) groups excluding carboxylic acids is 1. The van der Waals surface area contributed by atoms with Crippen molar-refractivity contribution in [3.05, 3.63) is 66.4 Å².